The maximum Gasteiger partial charge on any atom is 0.187 e. The van der Waals surface area contributed by atoms with Crippen LogP contribution in [0.25, 0.3) is 0 Å². The van der Waals surface area contributed by atoms with E-state index in [9.17, 15) is 4.79 Å². The number of allylic oxidation sites excluding steroid dienone is 3. The van der Waals surface area contributed by atoms with Crippen LogP contribution in [0.3, 0.4) is 0 Å². The lowest BCUT2D eigenvalue weighted by Gasteiger charge is -2.57. The van der Waals surface area contributed by atoms with E-state index in [1.807, 2.05) is 6.08 Å². The molecule has 0 heterocycles. The van der Waals surface area contributed by atoms with Gasteiger partial charge in [0.1, 0.15) is 0 Å². The van der Waals surface area contributed by atoms with Gasteiger partial charge in [-0.3, -0.25) is 4.79 Å². The summed E-state index contributed by atoms with van der Waals surface area (Å²) in [5, 5.41) is 0. The predicted octanol–water partition coefficient (Wildman–Crippen LogP) is 6.68. The van der Waals surface area contributed by atoms with Crippen LogP contribution in [0.15, 0.2) is 23.8 Å². The lowest BCUT2D eigenvalue weighted by Crippen LogP contribution is -2.51. The Morgan fingerprint density at radius 2 is 1.93 bits per heavy atom. The zero-order chi connectivity index (χ0) is 20.2. The second-order valence-electron chi connectivity index (χ2n) is 11.2. The average Bonchev–Trinajstić information content (AvgIpc) is 2.95. The van der Waals surface area contributed by atoms with Gasteiger partial charge < -0.3 is 4.43 Å². The molecule has 0 aromatic carbocycles. The Labute approximate surface area is 173 Å². The lowest BCUT2D eigenvalue weighted by atomic mass is 9.48. The number of carbonyl (C=O) groups excluding carboxylic acids is 1. The minimum atomic E-state index is -1.54. The third kappa shape index (κ3) is 3.31. The summed E-state index contributed by atoms with van der Waals surface area (Å²) in [7, 11) is -1.54. The van der Waals surface area contributed by atoms with Crippen molar-refractivity contribution in [2.75, 3.05) is 0 Å². The molecule has 0 bridgehead atoms. The van der Waals surface area contributed by atoms with Gasteiger partial charge in [0.05, 0.1) is 0 Å². The molecule has 0 aromatic rings. The third-order valence-electron chi connectivity index (χ3n) is 8.95. The molecule has 0 N–H and O–H groups in total. The van der Waals surface area contributed by atoms with Gasteiger partial charge in [-0.05, 0) is 86.9 Å². The summed E-state index contributed by atoms with van der Waals surface area (Å²) in [6.45, 7) is 11.9. The number of unbranched alkanes of at least 4 members (excludes halogenated alkanes) is 1. The Bertz CT molecular complexity index is 693. The van der Waals surface area contributed by atoms with E-state index >= 15 is 0 Å². The maximum absolute atomic E-state index is 12.5. The van der Waals surface area contributed by atoms with Crippen molar-refractivity contribution in [2.45, 2.75) is 97.4 Å². The van der Waals surface area contributed by atoms with Crippen molar-refractivity contribution in [1.29, 1.82) is 0 Å². The molecule has 4 rings (SSSR count). The van der Waals surface area contributed by atoms with Crippen molar-refractivity contribution in [3.05, 3.63) is 23.8 Å². The first-order chi connectivity index (χ1) is 13.2. The third-order valence-corrected chi connectivity index (χ3v) is 11.5. The summed E-state index contributed by atoms with van der Waals surface area (Å²) in [6, 6.07) is 1.29. The molecule has 0 saturated heterocycles. The van der Waals surface area contributed by atoms with E-state index < -0.39 is 8.32 Å². The highest BCUT2D eigenvalue weighted by Gasteiger charge is 2.57. The summed E-state index contributed by atoms with van der Waals surface area (Å²) in [6.07, 6.45) is 16.8. The summed E-state index contributed by atoms with van der Waals surface area (Å²) < 4.78 is 6.75. The topological polar surface area (TPSA) is 26.3 Å². The van der Waals surface area contributed by atoms with E-state index in [0.29, 0.717) is 29.1 Å². The molecule has 4 aliphatic carbocycles. The van der Waals surface area contributed by atoms with Crippen LogP contribution in [-0.2, 0) is 9.22 Å². The quantitative estimate of drug-likeness (QED) is 0.380. The number of hydrogen-bond acceptors (Lipinski definition) is 2. The van der Waals surface area contributed by atoms with Crippen molar-refractivity contribution >= 4 is 14.1 Å². The van der Waals surface area contributed by atoms with Gasteiger partial charge in [0, 0.05) is 11.5 Å². The van der Waals surface area contributed by atoms with Gasteiger partial charge >= 0.3 is 0 Å². The molecule has 2 nitrogen and oxygen atoms in total. The smallest absolute Gasteiger partial charge is 0.187 e. The highest BCUT2D eigenvalue weighted by atomic mass is 28.4. The SMILES string of the molecule is CCCC[Si](C)(C)O[C@H]1CC[C@@]2(C)C(=CC[C@@H]3[C@@H]2CC[C@]2(C)C(=O)C=C[C@@H]32)C1. The Kier molecular flexibility index (Phi) is 5.32. The summed E-state index contributed by atoms with van der Waals surface area (Å²) in [5.41, 5.74) is 1.90. The van der Waals surface area contributed by atoms with E-state index in [0.717, 1.165) is 25.2 Å². The highest BCUT2D eigenvalue weighted by Crippen LogP contribution is 2.62. The van der Waals surface area contributed by atoms with Crippen LogP contribution < -0.4 is 0 Å². The normalized spacial score (nSPS) is 42.6. The molecular weight excluding hydrogens is 360 g/mol. The fourth-order valence-electron chi connectivity index (χ4n) is 7.12. The van der Waals surface area contributed by atoms with Gasteiger partial charge in [-0.25, -0.2) is 0 Å². The number of carbonyl (C=O) groups is 1. The minimum absolute atomic E-state index is 0.113. The summed E-state index contributed by atoms with van der Waals surface area (Å²) >= 11 is 0. The first-order valence-electron chi connectivity index (χ1n) is 11.8. The number of rotatable bonds is 5. The van der Waals surface area contributed by atoms with Gasteiger partial charge in [0.2, 0.25) is 0 Å². The molecule has 28 heavy (non-hydrogen) atoms. The predicted molar refractivity (Wildman–Crippen MR) is 119 cm³/mol. The molecule has 0 unspecified atom stereocenters. The average molecular weight is 401 g/mol. The molecule has 2 fully saturated rings. The first kappa shape index (κ1) is 20.6. The molecule has 0 radical (unpaired) electrons. The minimum Gasteiger partial charge on any atom is -0.414 e. The molecule has 156 valence electrons. The molecule has 0 amide bonds. The summed E-state index contributed by atoms with van der Waals surface area (Å²) in [5.74, 6) is 2.24. The second-order valence-corrected chi connectivity index (χ2v) is 15.5. The van der Waals surface area contributed by atoms with Crippen LogP contribution in [0.5, 0.6) is 0 Å². The van der Waals surface area contributed by atoms with Crippen molar-refractivity contribution in [3.8, 4) is 0 Å². The molecule has 0 aliphatic heterocycles. The fourth-order valence-corrected chi connectivity index (χ4v) is 9.54. The van der Waals surface area contributed by atoms with E-state index in [1.165, 1.54) is 38.1 Å². The molecule has 3 heteroatoms. The Morgan fingerprint density at radius 3 is 2.68 bits per heavy atom. The Hall–Kier alpha value is -0.673. The largest absolute Gasteiger partial charge is 0.414 e. The van der Waals surface area contributed by atoms with E-state index in [4.69, 9.17) is 4.43 Å². The van der Waals surface area contributed by atoms with E-state index in [1.54, 1.807) is 5.57 Å². The van der Waals surface area contributed by atoms with Crippen molar-refractivity contribution in [1.82, 2.24) is 0 Å². The van der Waals surface area contributed by atoms with E-state index in [2.05, 4.69) is 46.0 Å². The Balaban J connectivity index is 1.49. The van der Waals surface area contributed by atoms with Crippen LogP contribution in [-0.4, -0.2) is 20.2 Å². The van der Waals surface area contributed by atoms with Gasteiger partial charge in [0.15, 0.2) is 14.1 Å². The second kappa shape index (κ2) is 7.23. The molecule has 4 aliphatic rings. The van der Waals surface area contributed by atoms with Crippen LogP contribution in [0, 0.1) is 28.6 Å². The van der Waals surface area contributed by atoms with Crippen LogP contribution in [0.4, 0.5) is 0 Å². The zero-order valence-corrected chi connectivity index (χ0v) is 19.7. The van der Waals surface area contributed by atoms with Crippen molar-refractivity contribution in [2.24, 2.45) is 28.6 Å². The fraction of sp³-hybridized carbons (Fsp3) is 0.800. The van der Waals surface area contributed by atoms with Gasteiger partial charge in [-0.15, -0.1) is 0 Å². The van der Waals surface area contributed by atoms with Gasteiger partial charge in [-0.1, -0.05) is 51.3 Å². The molecule has 6 atom stereocenters. The van der Waals surface area contributed by atoms with Crippen molar-refractivity contribution < 1.29 is 9.22 Å². The van der Waals surface area contributed by atoms with Crippen LogP contribution in [0.2, 0.25) is 19.1 Å². The number of hydrogen-bond donors (Lipinski definition) is 0. The van der Waals surface area contributed by atoms with Gasteiger partial charge in [0.25, 0.3) is 0 Å². The standard InChI is InChI=1S/C25H40O2Si/c1-6-7-16-28(4,5)27-19-12-14-24(2)18(17-19)8-9-20-21-10-11-23(26)25(21,3)15-13-22(20)24/h8,10-11,19-22H,6-7,9,12-17H2,1-5H3/t19-,20-,21-,22-,24-,25-/m0/s1. The van der Waals surface area contributed by atoms with Crippen molar-refractivity contribution in [3.63, 3.8) is 0 Å². The number of fused-ring (bicyclic) bond motifs is 5. The monoisotopic (exact) mass is 400 g/mol. The Morgan fingerprint density at radius 1 is 1.18 bits per heavy atom. The lowest BCUT2D eigenvalue weighted by molar-refractivity contribution is -0.129. The zero-order valence-electron chi connectivity index (χ0n) is 18.7. The first-order valence-corrected chi connectivity index (χ1v) is 14.9. The highest BCUT2D eigenvalue weighted by molar-refractivity contribution is 6.71. The molecule has 0 aromatic heterocycles. The maximum atomic E-state index is 12.5. The molecule has 0 spiro atoms. The van der Waals surface area contributed by atoms with Gasteiger partial charge in [-0.2, -0.15) is 0 Å². The van der Waals surface area contributed by atoms with E-state index in [-0.39, 0.29) is 5.41 Å². The van der Waals surface area contributed by atoms with Crippen LogP contribution >= 0.6 is 0 Å². The molecule has 2 saturated carbocycles. The van der Waals surface area contributed by atoms with Crippen LogP contribution in [0.1, 0.15) is 72.1 Å². The molecular formula is C25H40O2Si. The summed E-state index contributed by atoms with van der Waals surface area (Å²) in [4.78, 5) is 12.5. The number of ketones is 1.